The van der Waals surface area contributed by atoms with E-state index < -0.39 is 0 Å². The van der Waals surface area contributed by atoms with Gasteiger partial charge in [0.1, 0.15) is 0 Å². The second kappa shape index (κ2) is 6.57. The van der Waals surface area contributed by atoms with E-state index in [0.717, 1.165) is 12.0 Å². The van der Waals surface area contributed by atoms with Crippen LogP contribution >= 0.6 is 11.6 Å². The van der Waals surface area contributed by atoms with Gasteiger partial charge in [0, 0.05) is 11.6 Å². The van der Waals surface area contributed by atoms with E-state index in [-0.39, 0.29) is 11.8 Å². The fourth-order valence-corrected chi connectivity index (χ4v) is 2.14. The molecular weight excluding hydrogens is 276 g/mol. The van der Waals surface area contributed by atoms with Gasteiger partial charge in [-0.25, -0.2) is 4.98 Å². The lowest BCUT2D eigenvalue weighted by Gasteiger charge is -2.06. The zero-order valence-electron chi connectivity index (χ0n) is 11.5. The molecular formula is C15H17ClN2O2. The predicted molar refractivity (Wildman–Crippen MR) is 78.1 cm³/mol. The number of oxazole rings is 1. The van der Waals surface area contributed by atoms with E-state index in [0.29, 0.717) is 23.0 Å². The van der Waals surface area contributed by atoms with Crippen molar-refractivity contribution in [2.75, 3.05) is 6.54 Å². The highest BCUT2D eigenvalue weighted by Crippen LogP contribution is 2.17. The SMILES string of the molecule is CC(C)c1ncoc1C(=O)NCCc1cccc(Cl)c1. The van der Waals surface area contributed by atoms with E-state index in [1.807, 2.05) is 38.1 Å². The number of hydrogen-bond donors (Lipinski definition) is 1. The molecule has 0 aliphatic carbocycles. The van der Waals surface area contributed by atoms with Crippen molar-refractivity contribution in [3.63, 3.8) is 0 Å². The van der Waals surface area contributed by atoms with Gasteiger partial charge in [0.05, 0.1) is 5.69 Å². The van der Waals surface area contributed by atoms with Crippen LogP contribution in [0.1, 0.15) is 41.6 Å². The van der Waals surface area contributed by atoms with Crippen molar-refractivity contribution >= 4 is 17.5 Å². The van der Waals surface area contributed by atoms with Crippen LogP contribution in [0.2, 0.25) is 5.02 Å². The fraction of sp³-hybridized carbons (Fsp3) is 0.333. The second-order valence-electron chi connectivity index (χ2n) is 4.86. The Bertz CT molecular complexity index is 593. The number of aromatic nitrogens is 1. The number of carbonyl (C=O) groups is 1. The summed E-state index contributed by atoms with van der Waals surface area (Å²) >= 11 is 5.91. The molecule has 0 bridgehead atoms. The Labute approximate surface area is 123 Å². The lowest BCUT2D eigenvalue weighted by Crippen LogP contribution is -2.26. The lowest BCUT2D eigenvalue weighted by molar-refractivity contribution is 0.0924. The molecule has 5 heteroatoms. The average Bonchev–Trinajstić information content (AvgIpc) is 2.88. The Morgan fingerprint density at radius 3 is 2.95 bits per heavy atom. The number of carbonyl (C=O) groups excluding carboxylic acids is 1. The molecule has 0 spiro atoms. The Balaban J connectivity index is 1.91. The number of nitrogens with zero attached hydrogens (tertiary/aromatic N) is 1. The standard InChI is InChI=1S/C15H17ClN2O2/c1-10(2)13-14(20-9-18-13)15(19)17-7-6-11-4-3-5-12(16)8-11/h3-5,8-10H,6-7H2,1-2H3,(H,17,19). The minimum Gasteiger partial charge on any atom is -0.438 e. The quantitative estimate of drug-likeness (QED) is 0.918. The van der Waals surface area contributed by atoms with Crippen LogP contribution in [0.4, 0.5) is 0 Å². The summed E-state index contributed by atoms with van der Waals surface area (Å²) in [6, 6.07) is 7.59. The van der Waals surface area contributed by atoms with Crippen molar-refractivity contribution < 1.29 is 9.21 Å². The maximum absolute atomic E-state index is 12.0. The third-order valence-electron chi connectivity index (χ3n) is 2.94. The molecule has 20 heavy (non-hydrogen) atoms. The maximum atomic E-state index is 12.0. The van der Waals surface area contributed by atoms with E-state index >= 15 is 0 Å². The molecule has 1 aromatic heterocycles. The van der Waals surface area contributed by atoms with Crippen LogP contribution in [0.15, 0.2) is 35.1 Å². The minimum absolute atomic E-state index is 0.155. The number of hydrogen-bond acceptors (Lipinski definition) is 3. The van der Waals surface area contributed by atoms with Crippen molar-refractivity contribution in [3.05, 3.63) is 52.7 Å². The first-order chi connectivity index (χ1) is 9.58. The molecule has 1 amide bonds. The third-order valence-corrected chi connectivity index (χ3v) is 3.17. The summed E-state index contributed by atoms with van der Waals surface area (Å²) in [7, 11) is 0. The first kappa shape index (κ1) is 14.6. The van der Waals surface area contributed by atoms with Crippen LogP contribution in [-0.2, 0) is 6.42 Å². The van der Waals surface area contributed by atoms with Crippen LogP contribution in [-0.4, -0.2) is 17.4 Å². The van der Waals surface area contributed by atoms with Gasteiger partial charge in [-0.1, -0.05) is 37.6 Å². The normalized spacial score (nSPS) is 10.8. The summed E-state index contributed by atoms with van der Waals surface area (Å²) in [5, 5.41) is 3.53. The summed E-state index contributed by atoms with van der Waals surface area (Å²) < 4.78 is 5.17. The summed E-state index contributed by atoms with van der Waals surface area (Å²) in [6.07, 6.45) is 2.03. The number of amides is 1. The molecule has 0 aliphatic heterocycles. The van der Waals surface area contributed by atoms with Gasteiger partial charge in [-0.2, -0.15) is 0 Å². The molecule has 0 unspecified atom stereocenters. The average molecular weight is 293 g/mol. The second-order valence-corrected chi connectivity index (χ2v) is 5.29. The highest BCUT2D eigenvalue weighted by Gasteiger charge is 2.18. The fourth-order valence-electron chi connectivity index (χ4n) is 1.93. The zero-order chi connectivity index (χ0) is 14.5. The summed E-state index contributed by atoms with van der Waals surface area (Å²) in [5.41, 5.74) is 1.77. The zero-order valence-corrected chi connectivity index (χ0v) is 12.3. The molecule has 0 atom stereocenters. The summed E-state index contributed by atoms with van der Waals surface area (Å²) in [6.45, 7) is 4.47. The molecule has 1 heterocycles. The van der Waals surface area contributed by atoms with Crippen molar-refractivity contribution in [3.8, 4) is 0 Å². The summed E-state index contributed by atoms with van der Waals surface area (Å²) in [4.78, 5) is 16.1. The number of benzene rings is 1. The molecule has 1 N–H and O–H groups in total. The Morgan fingerprint density at radius 2 is 2.25 bits per heavy atom. The minimum atomic E-state index is -0.228. The first-order valence-electron chi connectivity index (χ1n) is 6.54. The highest BCUT2D eigenvalue weighted by atomic mass is 35.5. The van der Waals surface area contributed by atoms with Gasteiger partial charge in [-0.05, 0) is 30.0 Å². The molecule has 106 valence electrons. The van der Waals surface area contributed by atoms with Crippen molar-refractivity contribution in [2.45, 2.75) is 26.2 Å². The van der Waals surface area contributed by atoms with Gasteiger partial charge < -0.3 is 9.73 Å². The summed E-state index contributed by atoms with van der Waals surface area (Å²) in [5.74, 6) is 0.224. The van der Waals surface area contributed by atoms with Crippen LogP contribution in [0.5, 0.6) is 0 Å². The lowest BCUT2D eigenvalue weighted by atomic mass is 10.1. The molecule has 0 saturated heterocycles. The number of nitrogens with one attached hydrogen (secondary N) is 1. The molecule has 2 aromatic rings. The van der Waals surface area contributed by atoms with E-state index in [2.05, 4.69) is 10.3 Å². The predicted octanol–water partition coefficient (Wildman–Crippen LogP) is 3.42. The molecule has 0 saturated carbocycles. The molecule has 4 nitrogen and oxygen atoms in total. The van der Waals surface area contributed by atoms with Crippen LogP contribution in [0.25, 0.3) is 0 Å². The highest BCUT2D eigenvalue weighted by molar-refractivity contribution is 6.30. The molecule has 0 radical (unpaired) electrons. The Kier molecular flexibility index (Phi) is 4.79. The van der Waals surface area contributed by atoms with Crippen LogP contribution < -0.4 is 5.32 Å². The molecule has 0 aliphatic rings. The van der Waals surface area contributed by atoms with Gasteiger partial charge in [0.25, 0.3) is 5.91 Å². The maximum Gasteiger partial charge on any atom is 0.289 e. The molecule has 2 rings (SSSR count). The van der Waals surface area contributed by atoms with Crippen LogP contribution in [0, 0.1) is 0 Å². The largest absolute Gasteiger partial charge is 0.438 e. The van der Waals surface area contributed by atoms with Gasteiger partial charge in [0.2, 0.25) is 5.76 Å². The van der Waals surface area contributed by atoms with E-state index in [9.17, 15) is 4.79 Å². The van der Waals surface area contributed by atoms with Crippen molar-refractivity contribution in [1.29, 1.82) is 0 Å². The van der Waals surface area contributed by atoms with Crippen molar-refractivity contribution in [1.82, 2.24) is 10.3 Å². The monoisotopic (exact) mass is 292 g/mol. The Hall–Kier alpha value is -1.81. The van der Waals surface area contributed by atoms with Gasteiger partial charge in [-0.15, -0.1) is 0 Å². The van der Waals surface area contributed by atoms with Gasteiger partial charge in [-0.3, -0.25) is 4.79 Å². The van der Waals surface area contributed by atoms with E-state index in [1.54, 1.807) is 0 Å². The Morgan fingerprint density at radius 1 is 1.45 bits per heavy atom. The third kappa shape index (κ3) is 3.61. The van der Waals surface area contributed by atoms with Gasteiger partial charge in [0.15, 0.2) is 6.39 Å². The molecule has 1 aromatic carbocycles. The number of halogens is 1. The first-order valence-corrected chi connectivity index (χ1v) is 6.91. The number of rotatable bonds is 5. The molecule has 0 fully saturated rings. The van der Waals surface area contributed by atoms with Gasteiger partial charge >= 0.3 is 0 Å². The topological polar surface area (TPSA) is 55.1 Å². The van der Waals surface area contributed by atoms with E-state index in [4.69, 9.17) is 16.0 Å². The van der Waals surface area contributed by atoms with Crippen LogP contribution in [0.3, 0.4) is 0 Å². The smallest absolute Gasteiger partial charge is 0.289 e. The van der Waals surface area contributed by atoms with E-state index in [1.165, 1.54) is 6.39 Å². The van der Waals surface area contributed by atoms with Crippen molar-refractivity contribution in [2.24, 2.45) is 0 Å².